The molecular weight excluding hydrogens is 453 g/mol. The van der Waals surface area contributed by atoms with E-state index in [9.17, 15) is 9.59 Å². The van der Waals surface area contributed by atoms with Gasteiger partial charge < -0.3 is 4.74 Å². The Morgan fingerprint density at radius 2 is 1.88 bits per heavy atom. The summed E-state index contributed by atoms with van der Waals surface area (Å²) >= 11 is 6.17. The minimum Gasteiger partial charge on any atom is -0.488 e. The number of alkyl halides is 1. The molecule has 5 rings (SSSR count). The third-order valence-electron chi connectivity index (χ3n) is 5.06. The van der Waals surface area contributed by atoms with Crippen LogP contribution in [0.15, 0.2) is 59.7 Å². The van der Waals surface area contributed by atoms with Gasteiger partial charge in [0.1, 0.15) is 18.1 Å². The highest BCUT2D eigenvalue weighted by atomic mass is 35.5. The van der Waals surface area contributed by atoms with Gasteiger partial charge in [-0.3, -0.25) is 14.2 Å². The van der Waals surface area contributed by atoms with Crippen molar-refractivity contribution in [2.75, 3.05) is 0 Å². The van der Waals surface area contributed by atoms with Crippen molar-refractivity contribution in [3.05, 3.63) is 76.6 Å². The smallest absolute Gasteiger partial charge is 0.266 e. The van der Waals surface area contributed by atoms with Gasteiger partial charge in [0.05, 0.1) is 41.0 Å². The second-order valence-corrected chi connectivity index (χ2v) is 7.57. The van der Waals surface area contributed by atoms with Crippen molar-refractivity contribution in [3.63, 3.8) is 0 Å². The summed E-state index contributed by atoms with van der Waals surface area (Å²) in [5, 5.41) is 8.43. The van der Waals surface area contributed by atoms with Gasteiger partial charge in [-0.25, -0.2) is 4.98 Å². The minimum atomic E-state index is -0.264. The number of ketones is 1. The van der Waals surface area contributed by atoms with Crippen molar-refractivity contribution in [1.82, 2.24) is 24.5 Å². The lowest BCUT2D eigenvalue weighted by Crippen LogP contribution is -2.24. The Labute approximate surface area is 194 Å². The number of para-hydroxylation sites is 1. The van der Waals surface area contributed by atoms with Gasteiger partial charge in [0.25, 0.3) is 5.56 Å². The molecule has 1 aliphatic carbocycles. The Morgan fingerprint density at radius 3 is 2.59 bits per heavy atom. The zero-order valence-corrected chi connectivity index (χ0v) is 18.4. The van der Waals surface area contributed by atoms with E-state index in [1.807, 2.05) is 6.07 Å². The normalized spacial score (nSPS) is 13.0. The number of Topliss-reactive ketones (excluding diaryl/α,β-unsaturated/α-hetero) is 1. The molecule has 0 aliphatic heterocycles. The lowest BCUT2D eigenvalue weighted by molar-refractivity contribution is 0.0962. The Hall–Kier alpha value is -3.23. The monoisotopic (exact) mass is 471 g/mol. The number of hydrogen-bond acceptors (Lipinski definition) is 6. The maximum atomic E-state index is 13.4. The fourth-order valence-corrected chi connectivity index (χ4v) is 3.57. The molecule has 0 saturated heterocycles. The van der Waals surface area contributed by atoms with Crippen molar-refractivity contribution >= 4 is 40.7 Å². The van der Waals surface area contributed by atoms with Crippen LogP contribution in [-0.4, -0.2) is 36.4 Å². The van der Waals surface area contributed by atoms with Crippen LogP contribution in [0, 0.1) is 0 Å². The highest BCUT2D eigenvalue weighted by molar-refractivity contribution is 6.16. The number of halogens is 2. The van der Waals surface area contributed by atoms with Crippen molar-refractivity contribution in [1.29, 1.82) is 0 Å². The van der Waals surface area contributed by atoms with E-state index >= 15 is 0 Å². The fraction of sp³-hybridized carbons (Fsp3) is 0.227. The molecule has 0 radical (unpaired) electrons. The Morgan fingerprint density at radius 1 is 1.12 bits per heavy atom. The number of carbonyl (C=O) groups is 1. The van der Waals surface area contributed by atoms with Crippen molar-refractivity contribution in [2.45, 2.75) is 31.4 Å². The van der Waals surface area contributed by atoms with Crippen LogP contribution in [0.2, 0.25) is 0 Å². The Kier molecular flexibility index (Phi) is 6.25. The van der Waals surface area contributed by atoms with Crippen molar-refractivity contribution in [3.8, 4) is 11.4 Å². The topological polar surface area (TPSA) is 91.9 Å². The van der Waals surface area contributed by atoms with Gasteiger partial charge in [0.2, 0.25) is 0 Å². The summed E-state index contributed by atoms with van der Waals surface area (Å²) in [5.41, 5.74) is 1.17. The average molecular weight is 472 g/mol. The minimum absolute atomic E-state index is 0. The molecule has 32 heavy (non-hydrogen) atoms. The van der Waals surface area contributed by atoms with Gasteiger partial charge in [-0.1, -0.05) is 12.1 Å². The maximum absolute atomic E-state index is 13.4. The Balaban J connectivity index is 0.00000245. The van der Waals surface area contributed by atoms with E-state index in [0.29, 0.717) is 33.7 Å². The summed E-state index contributed by atoms with van der Waals surface area (Å²) in [6.07, 6.45) is 5.05. The second kappa shape index (κ2) is 9.10. The van der Waals surface area contributed by atoms with Crippen LogP contribution < -0.4 is 10.3 Å². The summed E-state index contributed by atoms with van der Waals surface area (Å²) in [4.78, 5) is 32.1. The molecule has 4 aromatic rings. The largest absolute Gasteiger partial charge is 0.488 e. The van der Waals surface area contributed by atoms with Crippen LogP contribution in [0.5, 0.6) is 5.75 Å². The average Bonchev–Trinajstić information content (AvgIpc) is 3.46. The predicted molar refractivity (Wildman–Crippen MR) is 122 cm³/mol. The lowest BCUT2D eigenvalue weighted by Gasteiger charge is -2.17. The molecule has 0 atom stereocenters. The molecule has 8 nitrogen and oxygen atoms in total. The van der Waals surface area contributed by atoms with Crippen LogP contribution in [-0.2, 0) is 12.4 Å². The number of rotatable bonds is 7. The van der Waals surface area contributed by atoms with Crippen LogP contribution in [0.4, 0.5) is 0 Å². The van der Waals surface area contributed by atoms with Crippen LogP contribution in [0.3, 0.4) is 0 Å². The van der Waals surface area contributed by atoms with Crippen LogP contribution in [0.25, 0.3) is 16.6 Å². The third kappa shape index (κ3) is 4.24. The maximum Gasteiger partial charge on any atom is 0.266 e. The molecule has 1 aliphatic rings. The summed E-state index contributed by atoms with van der Waals surface area (Å²) < 4.78 is 7.49. The standard InChI is InChI=1S/C22H18ClN5O3.ClH/c23-12-21-26-17-4-2-1-3-16(17)22(30)28(21)18-11-14(5-8-20(18)31-15-6-7-15)19(29)13-27-24-9-10-25-27;/h1-5,8-11,15H,6-7,12-13H2;1H. The van der Waals surface area contributed by atoms with Gasteiger partial charge >= 0.3 is 0 Å². The number of aromatic nitrogens is 5. The van der Waals surface area contributed by atoms with Gasteiger partial charge in [-0.15, -0.1) is 24.0 Å². The molecule has 1 saturated carbocycles. The SMILES string of the molecule is Cl.O=C(Cn1nccn1)c1ccc(OC2CC2)c(-n2c(CCl)nc3ccccc3c2=O)c1. The molecule has 0 N–H and O–H groups in total. The molecule has 2 heterocycles. The number of nitrogens with zero attached hydrogens (tertiary/aromatic N) is 5. The number of ether oxygens (including phenoxy) is 1. The number of benzene rings is 2. The zero-order valence-electron chi connectivity index (χ0n) is 16.8. The number of fused-ring (bicyclic) bond motifs is 1. The van der Waals surface area contributed by atoms with Crippen LogP contribution >= 0.6 is 24.0 Å². The Bertz CT molecular complexity index is 1330. The van der Waals surface area contributed by atoms with E-state index < -0.39 is 0 Å². The first-order chi connectivity index (χ1) is 15.1. The number of hydrogen-bond donors (Lipinski definition) is 0. The number of carbonyl (C=O) groups excluding carboxylic acids is 1. The van der Waals surface area contributed by atoms with Crippen molar-refractivity contribution in [2.24, 2.45) is 0 Å². The van der Waals surface area contributed by atoms with Gasteiger partial charge in [-0.05, 0) is 43.2 Å². The summed E-state index contributed by atoms with van der Waals surface area (Å²) in [6.45, 7) is -0.0114. The lowest BCUT2D eigenvalue weighted by atomic mass is 10.1. The first-order valence-corrected chi connectivity index (χ1v) is 10.4. The summed E-state index contributed by atoms with van der Waals surface area (Å²) in [5.74, 6) is 0.731. The molecule has 0 unspecified atom stereocenters. The fourth-order valence-electron chi connectivity index (χ4n) is 3.39. The molecule has 0 bridgehead atoms. The molecule has 164 valence electrons. The van der Waals surface area contributed by atoms with E-state index in [2.05, 4.69) is 15.2 Å². The van der Waals surface area contributed by atoms with E-state index in [1.165, 1.54) is 21.8 Å². The molecular formula is C22H19Cl2N5O3. The van der Waals surface area contributed by atoms with Gasteiger partial charge in [0, 0.05) is 5.56 Å². The first kappa shape index (κ1) is 22.0. The quantitative estimate of drug-likeness (QED) is 0.302. The van der Waals surface area contributed by atoms with Gasteiger partial charge in [0.15, 0.2) is 5.78 Å². The molecule has 0 spiro atoms. The molecule has 2 aromatic heterocycles. The summed E-state index contributed by atoms with van der Waals surface area (Å²) in [6, 6.07) is 12.2. The van der Waals surface area contributed by atoms with E-state index in [4.69, 9.17) is 16.3 Å². The predicted octanol–water partition coefficient (Wildman–Crippen LogP) is 3.56. The molecule has 10 heteroatoms. The highest BCUT2D eigenvalue weighted by Gasteiger charge is 2.26. The zero-order chi connectivity index (χ0) is 21.4. The van der Waals surface area contributed by atoms with Gasteiger partial charge in [-0.2, -0.15) is 15.0 Å². The third-order valence-corrected chi connectivity index (χ3v) is 5.30. The van der Waals surface area contributed by atoms with E-state index in [-0.39, 0.29) is 42.3 Å². The van der Waals surface area contributed by atoms with E-state index in [1.54, 1.807) is 36.4 Å². The van der Waals surface area contributed by atoms with E-state index in [0.717, 1.165) is 12.8 Å². The summed E-state index contributed by atoms with van der Waals surface area (Å²) in [7, 11) is 0. The molecule has 2 aromatic carbocycles. The highest BCUT2D eigenvalue weighted by Crippen LogP contribution is 2.32. The second-order valence-electron chi connectivity index (χ2n) is 7.30. The molecule has 0 amide bonds. The molecule has 1 fully saturated rings. The van der Waals surface area contributed by atoms with Crippen molar-refractivity contribution < 1.29 is 9.53 Å². The first-order valence-electron chi connectivity index (χ1n) is 9.89. The van der Waals surface area contributed by atoms with Crippen LogP contribution in [0.1, 0.15) is 29.0 Å².